The van der Waals surface area contributed by atoms with Crippen LogP contribution >= 0.6 is 0 Å². The molecule has 0 bridgehead atoms. The summed E-state index contributed by atoms with van der Waals surface area (Å²) in [5.41, 5.74) is 2.81. The van der Waals surface area contributed by atoms with Crippen molar-refractivity contribution in [3.8, 4) is 5.75 Å². The maximum atomic E-state index is 5.13. The molecule has 0 aromatic heterocycles. The van der Waals surface area contributed by atoms with Gasteiger partial charge in [-0.3, -0.25) is 0 Å². The summed E-state index contributed by atoms with van der Waals surface area (Å²) in [5.74, 6) is 1.53. The molecule has 1 unspecified atom stereocenters. The fourth-order valence-electron chi connectivity index (χ4n) is 1.67. The third kappa shape index (κ3) is 0.934. The summed E-state index contributed by atoms with van der Waals surface area (Å²) < 4.78 is 5.13. The Kier molecular flexibility index (Phi) is 1.65. The van der Waals surface area contributed by atoms with Crippen LogP contribution in [0.4, 0.5) is 0 Å². The second-order valence-corrected chi connectivity index (χ2v) is 3.11. The Hall–Kier alpha value is -1.24. The van der Waals surface area contributed by atoms with Crippen molar-refractivity contribution in [1.82, 2.24) is 0 Å². The van der Waals surface area contributed by atoms with Crippen molar-refractivity contribution in [2.45, 2.75) is 12.3 Å². The van der Waals surface area contributed by atoms with E-state index in [0.717, 1.165) is 12.2 Å². The van der Waals surface area contributed by atoms with Gasteiger partial charge < -0.3 is 4.74 Å². The van der Waals surface area contributed by atoms with E-state index in [1.54, 1.807) is 7.11 Å². The zero-order valence-electron chi connectivity index (χ0n) is 7.21. The molecule has 0 N–H and O–H groups in total. The van der Waals surface area contributed by atoms with Crippen molar-refractivity contribution in [2.75, 3.05) is 7.11 Å². The van der Waals surface area contributed by atoms with Gasteiger partial charge >= 0.3 is 0 Å². The van der Waals surface area contributed by atoms with E-state index in [0.29, 0.717) is 5.92 Å². The lowest BCUT2D eigenvalue weighted by atomic mass is 9.78. The highest BCUT2D eigenvalue weighted by Crippen LogP contribution is 2.37. The van der Waals surface area contributed by atoms with Gasteiger partial charge in [0.1, 0.15) is 5.75 Å². The zero-order valence-corrected chi connectivity index (χ0v) is 7.21. The lowest BCUT2D eigenvalue weighted by Gasteiger charge is -2.27. The molecule has 0 fully saturated rings. The third-order valence-corrected chi connectivity index (χ3v) is 2.47. The van der Waals surface area contributed by atoms with Gasteiger partial charge in [0.25, 0.3) is 0 Å². The number of benzene rings is 1. The van der Waals surface area contributed by atoms with E-state index in [1.807, 2.05) is 12.1 Å². The third-order valence-electron chi connectivity index (χ3n) is 2.47. The Labute approximate surface area is 72.7 Å². The van der Waals surface area contributed by atoms with Crippen LogP contribution < -0.4 is 4.74 Å². The summed E-state index contributed by atoms with van der Waals surface area (Å²) in [4.78, 5) is 0. The van der Waals surface area contributed by atoms with Gasteiger partial charge in [-0.25, -0.2) is 0 Å². The van der Waals surface area contributed by atoms with Crippen LogP contribution in [0.2, 0.25) is 0 Å². The van der Waals surface area contributed by atoms with Crippen LogP contribution in [0.15, 0.2) is 30.9 Å². The van der Waals surface area contributed by atoms with E-state index >= 15 is 0 Å². The van der Waals surface area contributed by atoms with Crippen LogP contribution in [0, 0.1) is 0 Å². The van der Waals surface area contributed by atoms with Gasteiger partial charge in [-0.1, -0.05) is 12.1 Å². The van der Waals surface area contributed by atoms with Crippen LogP contribution in [0.1, 0.15) is 17.0 Å². The summed E-state index contributed by atoms with van der Waals surface area (Å²) in [6.07, 6.45) is 3.13. The highest BCUT2D eigenvalue weighted by atomic mass is 16.5. The first-order valence-corrected chi connectivity index (χ1v) is 4.14. The predicted octanol–water partition coefficient (Wildman–Crippen LogP) is 2.52. The fraction of sp³-hybridized carbons (Fsp3) is 0.273. The fourth-order valence-corrected chi connectivity index (χ4v) is 1.67. The molecule has 2 rings (SSSR count). The summed E-state index contributed by atoms with van der Waals surface area (Å²) >= 11 is 0. The minimum atomic E-state index is 0.575. The molecular formula is C11H12O. The second-order valence-electron chi connectivity index (χ2n) is 3.11. The molecule has 1 aromatic carbocycles. The molecule has 0 aliphatic heterocycles. The predicted molar refractivity (Wildman–Crippen MR) is 49.6 cm³/mol. The van der Waals surface area contributed by atoms with Gasteiger partial charge in [0.15, 0.2) is 0 Å². The van der Waals surface area contributed by atoms with E-state index in [4.69, 9.17) is 4.74 Å². The summed E-state index contributed by atoms with van der Waals surface area (Å²) in [6.45, 7) is 3.79. The summed E-state index contributed by atoms with van der Waals surface area (Å²) in [6, 6.07) is 6.24. The molecule has 1 aliphatic rings. The molecule has 0 heterocycles. The average Bonchev–Trinajstić information content (AvgIpc) is 2.07. The first kappa shape index (κ1) is 7.41. The summed E-state index contributed by atoms with van der Waals surface area (Å²) in [7, 11) is 1.70. The van der Waals surface area contributed by atoms with Crippen LogP contribution in [-0.4, -0.2) is 7.11 Å². The number of ether oxygens (including phenoxy) is 1. The van der Waals surface area contributed by atoms with E-state index in [9.17, 15) is 0 Å². The van der Waals surface area contributed by atoms with Crippen LogP contribution in [0.5, 0.6) is 5.75 Å². The van der Waals surface area contributed by atoms with Gasteiger partial charge in [0.2, 0.25) is 0 Å². The molecule has 0 saturated heterocycles. The van der Waals surface area contributed by atoms with Gasteiger partial charge in [-0.05, 0) is 29.7 Å². The van der Waals surface area contributed by atoms with Crippen molar-refractivity contribution >= 4 is 0 Å². The Balaban J connectivity index is 2.34. The Morgan fingerprint density at radius 3 is 3.00 bits per heavy atom. The molecule has 62 valence electrons. The Morgan fingerprint density at radius 2 is 2.42 bits per heavy atom. The highest BCUT2D eigenvalue weighted by molar-refractivity contribution is 5.46. The first-order chi connectivity index (χ1) is 5.85. The molecule has 1 nitrogen and oxygen atoms in total. The smallest absolute Gasteiger partial charge is 0.119 e. The lowest BCUT2D eigenvalue weighted by Crippen LogP contribution is -2.14. The molecule has 12 heavy (non-hydrogen) atoms. The van der Waals surface area contributed by atoms with E-state index in [1.165, 1.54) is 11.1 Å². The van der Waals surface area contributed by atoms with E-state index in [2.05, 4.69) is 18.7 Å². The van der Waals surface area contributed by atoms with E-state index in [-0.39, 0.29) is 0 Å². The van der Waals surface area contributed by atoms with Crippen molar-refractivity contribution in [1.29, 1.82) is 0 Å². The molecule has 0 amide bonds. The highest BCUT2D eigenvalue weighted by Gasteiger charge is 2.23. The number of rotatable bonds is 2. The van der Waals surface area contributed by atoms with Gasteiger partial charge in [0, 0.05) is 5.92 Å². The van der Waals surface area contributed by atoms with Crippen LogP contribution in [0.25, 0.3) is 0 Å². The lowest BCUT2D eigenvalue weighted by molar-refractivity contribution is 0.413. The normalized spacial score (nSPS) is 19.2. The Morgan fingerprint density at radius 1 is 1.58 bits per heavy atom. The standard InChI is InChI=1S/C11H12O/c1-3-8-6-9-7-10(12-2)4-5-11(8)9/h3-5,7-8H,1,6H2,2H3. The molecule has 0 radical (unpaired) electrons. The largest absolute Gasteiger partial charge is 0.497 e. The molecule has 1 heteroatoms. The van der Waals surface area contributed by atoms with Crippen molar-refractivity contribution in [3.05, 3.63) is 42.0 Å². The number of methoxy groups -OCH3 is 1. The SMILES string of the molecule is C=CC1Cc2cc(OC)ccc21. The molecule has 1 aliphatic carbocycles. The van der Waals surface area contributed by atoms with Crippen LogP contribution in [-0.2, 0) is 6.42 Å². The quantitative estimate of drug-likeness (QED) is 0.604. The first-order valence-electron chi connectivity index (χ1n) is 4.14. The zero-order chi connectivity index (χ0) is 8.55. The number of fused-ring (bicyclic) bond motifs is 1. The average molecular weight is 160 g/mol. The molecule has 0 saturated carbocycles. The van der Waals surface area contributed by atoms with Crippen molar-refractivity contribution in [3.63, 3.8) is 0 Å². The topological polar surface area (TPSA) is 9.23 Å². The number of hydrogen-bond acceptors (Lipinski definition) is 1. The van der Waals surface area contributed by atoms with Crippen LogP contribution in [0.3, 0.4) is 0 Å². The summed E-state index contributed by atoms with van der Waals surface area (Å²) in [5, 5.41) is 0. The minimum absolute atomic E-state index is 0.575. The molecule has 0 spiro atoms. The number of hydrogen-bond donors (Lipinski definition) is 0. The van der Waals surface area contributed by atoms with Crippen molar-refractivity contribution in [2.24, 2.45) is 0 Å². The number of allylic oxidation sites excluding steroid dienone is 1. The van der Waals surface area contributed by atoms with Gasteiger partial charge in [-0.2, -0.15) is 0 Å². The van der Waals surface area contributed by atoms with Crippen molar-refractivity contribution < 1.29 is 4.74 Å². The molecule has 1 atom stereocenters. The Bertz CT molecular complexity index is 315. The second kappa shape index (κ2) is 2.67. The molecule has 1 aromatic rings. The molecular weight excluding hydrogens is 148 g/mol. The monoisotopic (exact) mass is 160 g/mol. The minimum Gasteiger partial charge on any atom is -0.497 e. The maximum absolute atomic E-state index is 5.13. The van der Waals surface area contributed by atoms with Gasteiger partial charge in [-0.15, -0.1) is 6.58 Å². The van der Waals surface area contributed by atoms with Gasteiger partial charge in [0.05, 0.1) is 7.11 Å². The maximum Gasteiger partial charge on any atom is 0.119 e. The van der Waals surface area contributed by atoms with E-state index < -0.39 is 0 Å².